The molecule has 18 heavy (non-hydrogen) atoms. The summed E-state index contributed by atoms with van der Waals surface area (Å²) in [4.78, 5) is 10.5. The molecule has 1 aliphatic rings. The van der Waals surface area contributed by atoms with Gasteiger partial charge in [-0.05, 0) is 24.5 Å². The van der Waals surface area contributed by atoms with Crippen molar-refractivity contribution in [2.75, 3.05) is 19.8 Å². The minimum absolute atomic E-state index is 0.0673. The van der Waals surface area contributed by atoms with Crippen molar-refractivity contribution in [1.29, 1.82) is 0 Å². The van der Waals surface area contributed by atoms with E-state index in [1.807, 2.05) is 0 Å². The molecule has 0 amide bonds. The molecule has 0 spiro atoms. The zero-order valence-electron chi connectivity index (χ0n) is 9.89. The predicted molar refractivity (Wildman–Crippen MR) is 68.7 cm³/mol. The lowest BCUT2D eigenvalue weighted by Crippen LogP contribution is -2.23. The largest absolute Gasteiger partial charge is 0.381 e. The maximum Gasteiger partial charge on any atom is 0.275 e. The molecule has 1 unspecified atom stereocenters. The van der Waals surface area contributed by atoms with Crippen LogP contribution >= 0.6 is 11.6 Å². The molecular weight excluding hydrogens is 256 g/mol. The third-order valence-electron chi connectivity index (χ3n) is 3.02. The predicted octanol–water partition coefficient (Wildman–Crippen LogP) is 2.37. The van der Waals surface area contributed by atoms with Crippen LogP contribution < -0.4 is 5.32 Å². The number of nitro groups is 1. The van der Waals surface area contributed by atoms with Crippen LogP contribution in [0.4, 0.5) is 5.69 Å². The molecule has 0 radical (unpaired) electrons. The van der Waals surface area contributed by atoms with Crippen LogP contribution in [-0.4, -0.2) is 24.7 Å². The summed E-state index contributed by atoms with van der Waals surface area (Å²) in [6.45, 7) is 2.88. The summed E-state index contributed by atoms with van der Waals surface area (Å²) >= 11 is 5.76. The van der Waals surface area contributed by atoms with Crippen molar-refractivity contribution in [1.82, 2.24) is 5.32 Å². The second-order valence-corrected chi connectivity index (χ2v) is 4.83. The van der Waals surface area contributed by atoms with Crippen molar-refractivity contribution in [3.63, 3.8) is 0 Å². The van der Waals surface area contributed by atoms with Crippen LogP contribution in [0.1, 0.15) is 12.0 Å². The zero-order chi connectivity index (χ0) is 13.0. The lowest BCUT2D eigenvalue weighted by molar-refractivity contribution is -0.385. The third-order valence-corrected chi connectivity index (χ3v) is 3.25. The van der Waals surface area contributed by atoms with Crippen LogP contribution in [-0.2, 0) is 11.3 Å². The first-order valence-corrected chi connectivity index (χ1v) is 6.26. The minimum Gasteiger partial charge on any atom is -0.381 e. The average Bonchev–Trinajstić information content (AvgIpc) is 2.84. The number of nitrogens with one attached hydrogen (secondary N) is 1. The molecule has 1 N–H and O–H groups in total. The highest BCUT2D eigenvalue weighted by Gasteiger charge is 2.17. The first kappa shape index (κ1) is 13.3. The highest BCUT2D eigenvalue weighted by Crippen LogP contribution is 2.23. The number of nitrogens with zero attached hydrogens (tertiary/aromatic N) is 1. The number of ether oxygens (including phenoxy) is 1. The van der Waals surface area contributed by atoms with Crippen LogP contribution in [0.15, 0.2) is 18.2 Å². The number of nitro benzene ring substituents is 1. The van der Waals surface area contributed by atoms with Crippen LogP contribution in [0.3, 0.4) is 0 Å². The molecule has 1 aliphatic heterocycles. The van der Waals surface area contributed by atoms with E-state index < -0.39 is 4.92 Å². The molecule has 0 saturated carbocycles. The van der Waals surface area contributed by atoms with Gasteiger partial charge in [0.15, 0.2) is 0 Å². The van der Waals surface area contributed by atoms with Gasteiger partial charge in [-0.3, -0.25) is 10.1 Å². The Labute approximate surface area is 110 Å². The fraction of sp³-hybridized carbons (Fsp3) is 0.500. The summed E-state index contributed by atoms with van der Waals surface area (Å²) in [6.07, 6.45) is 1.05. The fourth-order valence-electron chi connectivity index (χ4n) is 2.01. The number of halogens is 1. The van der Waals surface area contributed by atoms with Crippen molar-refractivity contribution in [2.24, 2.45) is 5.92 Å². The molecule has 1 fully saturated rings. The van der Waals surface area contributed by atoms with E-state index in [2.05, 4.69) is 5.32 Å². The molecule has 0 bridgehead atoms. The van der Waals surface area contributed by atoms with Gasteiger partial charge in [0.05, 0.1) is 11.5 Å². The molecule has 2 rings (SSSR count). The molecule has 1 atom stereocenters. The Hall–Kier alpha value is -1.17. The lowest BCUT2D eigenvalue weighted by atomic mass is 10.1. The van der Waals surface area contributed by atoms with E-state index in [1.165, 1.54) is 6.07 Å². The summed E-state index contributed by atoms with van der Waals surface area (Å²) in [5.41, 5.74) is 0.723. The topological polar surface area (TPSA) is 64.4 Å². The quantitative estimate of drug-likeness (QED) is 0.659. The SMILES string of the molecule is O=[N+]([O-])c1cc(Cl)ccc1CNCC1CCOC1. The van der Waals surface area contributed by atoms with Crippen molar-refractivity contribution in [2.45, 2.75) is 13.0 Å². The molecule has 6 heteroatoms. The van der Waals surface area contributed by atoms with E-state index in [0.717, 1.165) is 26.2 Å². The number of benzene rings is 1. The third kappa shape index (κ3) is 3.41. The number of hydrogen-bond acceptors (Lipinski definition) is 4. The fourth-order valence-corrected chi connectivity index (χ4v) is 2.18. The maximum atomic E-state index is 10.9. The molecule has 5 nitrogen and oxygen atoms in total. The highest BCUT2D eigenvalue weighted by atomic mass is 35.5. The van der Waals surface area contributed by atoms with E-state index in [1.54, 1.807) is 12.1 Å². The maximum absolute atomic E-state index is 10.9. The van der Waals surface area contributed by atoms with E-state index in [-0.39, 0.29) is 5.69 Å². The van der Waals surface area contributed by atoms with Crippen LogP contribution in [0.25, 0.3) is 0 Å². The van der Waals surface area contributed by atoms with Crippen molar-refractivity contribution >= 4 is 17.3 Å². The minimum atomic E-state index is -0.401. The van der Waals surface area contributed by atoms with Gasteiger partial charge >= 0.3 is 0 Å². The number of rotatable bonds is 5. The van der Waals surface area contributed by atoms with Gasteiger partial charge in [0.2, 0.25) is 0 Å². The van der Waals surface area contributed by atoms with Gasteiger partial charge in [-0.2, -0.15) is 0 Å². The van der Waals surface area contributed by atoms with Gasteiger partial charge in [-0.15, -0.1) is 0 Å². The molecular formula is C12H15ClN2O3. The van der Waals surface area contributed by atoms with Crippen LogP contribution in [0, 0.1) is 16.0 Å². The summed E-state index contributed by atoms with van der Waals surface area (Å²) in [5, 5.41) is 14.5. The number of hydrogen-bond donors (Lipinski definition) is 1. The zero-order valence-corrected chi connectivity index (χ0v) is 10.7. The van der Waals surface area contributed by atoms with E-state index in [0.29, 0.717) is 23.0 Å². The van der Waals surface area contributed by atoms with E-state index >= 15 is 0 Å². The van der Waals surface area contributed by atoms with Gasteiger partial charge in [-0.25, -0.2) is 0 Å². The smallest absolute Gasteiger partial charge is 0.275 e. The molecule has 1 heterocycles. The molecule has 0 aromatic heterocycles. The summed E-state index contributed by atoms with van der Waals surface area (Å²) in [6, 6.07) is 4.75. The van der Waals surface area contributed by atoms with Crippen molar-refractivity contribution in [3.8, 4) is 0 Å². The van der Waals surface area contributed by atoms with Gasteiger partial charge in [0.1, 0.15) is 0 Å². The second kappa shape index (κ2) is 6.13. The Bertz CT molecular complexity index is 433. The van der Waals surface area contributed by atoms with E-state index in [4.69, 9.17) is 16.3 Å². The van der Waals surface area contributed by atoms with Gasteiger partial charge < -0.3 is 10.1 Å². The van der Waals surface area contributed by atoms with Gasteiger partial charge in [-0.1, -0.05) is 11.6 Å². The Morgan fingerprint density at radius 2 is 2.39 bits per heavy atom. The highest BCUT2D eigenvalue weighted by molar-refractivity contribution is 6.30. The Kier molecular flexibility index (Phi) is 4.52. The van der Waals surface area contributed by atoms with Crippen LogP contribution in [0.2, 0.25) is 5.02 Å². The molecule has 1 aromatic rings. The van der Waals surface area contributed by atoms with E-state index in [9.17, 15) is 10.1 Å². The van der Waals surface area contributed by atoms with Crippen molar-refractivity contribution < 1.29 is 9.66 Å². The lowest BCUT2D eigenvalue weighted by Gasteiger charge is -2.09. The van der Waals surface area contributed by atoms with Gasteiger partial charge in [0.25, 0.3) is 5.69 Å². The summed E-state index contributed by atoms with van der Waals surface area (Å²) in [5.74, 6) is 0.511. The Balaban J connectivity index is 1.93. The second-order valence-electron chi connectivity index (χ2n) is 4.39. The molecule has 1 saturated heterocycles. The monoisotopic (exact) mass is 270 g/mol. The normalized spacial score (nSPS) is 19.1. The van der Waals surface area contributed by atoms with Crippen molar-refractivity contribution in [3.05, 3.63) is 38.9 Å². The summed E-state index contributed by atoms with van der Waals surface area (Å²) < 4.78 is 5.27. The first-order chi connectivity index (χ1) is 8.66. The standard InChI is InChI=1S/C12H15ClN2O3/c13-11-2-1-10(12(5-11)15(16)17)7-14-6-9-3-4-18-8-9/h1-2,5,9,14H,3-4,6-8H2. The van der Waals surface area contributed by atoms with Crippen LogP contribution in [0.5, 0.6) is 0 Å². The molecule has 0 aliphatic carbocycles. The molecule has 98 valence electrons. The Morgan fingerprint density at radius 3 is 3.06 bits per heavy atom. The summed E-state index contributed by atoms with van der Waals surface area (Å²) in [7, 11) is 0. The molecule has 1 aromatic carbocycles. The average molecular weight is 271 g/mol. The Morgan fingerprint density at radius 1 is 1.56 bits per heavy atom. The van der Waals surface area contributed by atoms with Gasteiger partial charge in [0, 0.05) is 36.3 Å². The first-order valence-electron chi connectivity index (χ1n) is 5.88.